The molecule has 2 aromatic carbocycles. The van der Waals surface area contributed by atoms with Gasteiger partial charge in [0.2, 0.25) is 5.60 Å². The van der Waals surface area contributed by atoms with Crippen molar-refractivity contribution in [3.05, 3.63) is 63.8 Å². The van der Waals surface area contributed by atoms with E-state index in [4.69, 9.17) is 27.9 Å². The van der Waals surface area contributed by atoms with Gasteiger partial charge in [-0.2, -0.15) is 26.3 Å². The van der Waals surface area contributed by atoms with Crippen LogP contribution in [0.2, 0.25) is 10.0 Å². The molecule has 1 aliphatic rings. The second-order valence-corrected chi connectivity index (χ2v) is 9.46. The minimum absolute atomic E-state index is 0.0820. The lowest BCUT2D eigenvalue weighted by Gasteiger charge is -2.32. The number of hydrogen-bond acceptors (Lipinski definition) is 2. The molecule has 3 aromatic rings. The van der Waals surface area contributed by atoms with Crippen LogP contribution in [0.15, 0.2) is 42.6 Å². The van der Waals surface area contributed by atoms with Crippen molar-refractivity contribution in [3.63, 3.8) is 0 Å². The van der Waals surface area contributed by atoms with Crippen molar-refractivity contribution in [2.24, 2.45) is 5.92 Å². The zero-order chi connectivity index (χ0) is 25.8. The van der Waals surface area contributed by atoms with Gasteiger partial charge in [-0.25, -0.2) is 0 Å². The van der Waals surface area contributed by atoms with Gasteiger partial charge in [-0.15, -0.1) is 0 Å². The topological polar surface area (TPSA) is 31.2 Å². The maximum absolute atomic E-state index is 14.5. The van der Waals surface area contributed by atoms with Crippen molar-refractivity contribution >= 4 is 40.1 Å². The van der Waals surface area contributed by atoms with Crippen LogP contribution in [0.3, 0.4) is 0 Å². The van der Waals surface area contributed by atoms with Crippen LogP contribution in [-0.4, -0.2) is 16.7 Å². The van der Waals surface area contributed by atoms with Gasteiger partial charge in [0.25, 0.3) is 0 Å². The van der Waals surface area contributed by atoms with Gasteiger partial charge in [-0.1, -0.05) is 54.2 Å². The molecule has 0 bridgehead atoms. The van der Waals surface area contributed by atoms with Gasteiger partial charge in [0.1, 0.15) is 0 Å². The Hall–Kier alpha value is -2.39. The van der Waals surface area contributed by atoms with Gasteiger partial charge in [0.05, 0.1) is 32.7 Å². The van der Waals surface area contributed by atoms with E-state index in [0.717, 1.165) is 26.0 Å². The quantitative estimate of drug-likeness (QED) is 0.247. The van der Waals surface area contributed by atoms with Crippen LogP contribution in [-0.2, 0) is 21.3 Å². The Balaban J connectivity index is 1.91. The van der Waals surface area contributed by atoms with Gasteiger partial charge < -0.3 is 9.30 Å². The number of rotatable bonds is 4. The molecule has 0 N–H and O–H groups in total. The van der Waals surface area contributed by atoms with Crippen LogP contribution in [0.4, 0.5) is 26.3 Å². The summed E-state index contributed by atoms with van der Waals surface area (Å²) in [4.78, 5) is 12.7. The first kappa shape index (κ1) is 25.7. The molecule has 0 radical (unpaired) electrons. The minimum Gasteiger partial charge on any atom is -0.444 e. The van der Waals surface area contributed by atoms with E-state index in [9.17, 15) is 31.1 Å². The summed E-state index contributed by atoms with van der Waals surface area (Å²) in [7, 11) is 0. The zero-order valence-corrected chi connectivity index (χ0v) is 19.7. The summed E-state index contributed by atoms with van der Waals surface area (Å²) < 4.78 is 89.2. The van der Waals surface area contributed by atoms with E-state index in [-0.39, 0.29) is 22.2 Å². The summed E-state index contributed by atoms with van der Waals surface area (Å²) >= 11 is 12.3. The van der Waals surface area contributed by atoms with E-state index in [2.05, 4.69) is 0 Å². The van der Waals surface area contributed by atoms with Crippen LogP contribution >= 0.6 is 23.2 Å². The fraction of sp³-hybridized carbons (Fsp3) is 0.375. The van der Waals surface area contributed by atoms with Crippen LogP contribution in [0, 0.1) is 5.92 Å². The molecule has 1 unspecified atom stereocenters. The Kier molecular flexibility index (Phi) is 6.55. The predicted molar refractivity (Wildman–Crippen MR) is 120 cm³/mol. The highest BCUT2D eigenvalue weighted by Crippen LogP contribution is 2.48. The highest BCUT2D eigenvalue weighted by Gasteiger charge is 2.57. The number of benzene rings is 2. The van der Waals surface area contributed by atoms with Gasteiger partial charge in [-0.05, 0) is 38.0 Å². The number of aromatic nitrogens is 1. The molecule has 1 saturated carbocycles. The maximum atomic E-state index is 14.5. The Labute approximate surface area is 206 Å². The summed E-state index contributed by atoms with van der Waals surface area (Å²) in [6.07, 6.45) is -6.31. The third kappa shape index (κ3) is 4.60. The number of ether oxygens (including phenoxy) is 1. The van der Waals surface area contributed by atoms with Crippen molar-refractivity contribution in [2.45, 2.75) is 50.6 Å². The monoisotopic (exact) mass is 537 g/mol. The largest absolute Gasteiger partial charge is 0.444 e. The molecular weight excluding hydrogens is 519 g/mol. The van der Waals surface area contributed by atoms with Crippen molar-refractivity contribution < 1.29 is 35.9 Å². The number of nitrogens with zero attached hydrogens (tertiary/aromatic N) is 1. The molecule has 3 nitrogen and oxygen atoms in total. The summed E-state index contributed by atoms with van der Waals surface area (Å²) in [6.45, 7) is 0.766. The molecule has 0 amide bonds. The third-order valence-corrected chi connectivity index (χ3v) is 6.92. The fourth-order valence-electron chi connectivity index (χ4n) is 4.42. The van der Waals surface area contributed by atoms with Crippen molar-refractivity contribution in [3.8, 4) is 5.69 Å². The van der Waals surface area contributed by atoms with Crippen molar-refractivity contribution in [1.82, 2.24) is 4.57 Å². The van der Waals surface area contributed by atoms with E-state index >= 15 is 0 Å². The molecule has 1 aromatic heterocycles. The van der Waals surface area contributed by atoms with E-state index in [1.165, 1.54) is 22.8 Å². The first-order valence-electron chi connectivity index (χ1n) is 10.7. The Bertz CT molecular complexity index is 1250. The summed E-state index contributed by atoms with van der Waals surface area (Å²) in [5.74, 6) is -1.56. The fourth-order valence-corrected chi connectivity index (χ4v) is 5.08. The Morgan fingerprint density at radius 2 is 1.57 bits per heavy atom. The number of esters is 1. The molecule has 1 atom stereocenters. The SMILES string of the molecule is CC(OC(=O)C1CCCC1)(c1cn(-c2c(Cl)cc(C(F)(F)F)cc2Cl)c2ccccc12)C(F)(F)F. The number of hydrogen-bond donors (Lipinski definition) is 0. The zero-order valence-electron chi connectivity index (χ0n) is 18.2. The van der Waals surface area contributed by atoms with Crippen LogP contribution in [0.25, 0.3) is 16.6 Å². The lowest BCUT2D eigenvalue weighted by Crippen LogP contribution is -2.44. The van der Waals surface area contributed by atoms with E-state index in [0.29, 0.717) is 25.0 Å². The van der Waals surface area contributed by atoms with E-state index < -0.39 is 45.4 Å². The Morgan fingerprint density at radius 3 is 2.11 bits per heavy atom. The molecule has 35 heavy (non-hydrogen) atoms. The maximum Gasteiger partial charge on any atom is 0.432 e. The second kappa shape index (κ2) is 8.92. The van der Waals surface area contributed by atoms with Gasteiger partial charge >= 0.3 is 18.3 Å². The smallest absolute Gasteiger partial charge is 0.432 e. The first-order chi connectivity index (χ1) is 16.2. The molecule has 1 heterocycles. The number of halogens is 8. The summed E-state index contributed by atoms with van der Waals surface area (Å²) in [5, 5.41) is -0.735. The molecule has 4 rings (SSSR count). The highest BCUT2D eigenvalue weighted by molar-refractivity contribution is 6.38. The molecule has 1 aliphatic carbocycles. The average molecular weight is 538 g/mol. The molecule has 0 aliphatic heterocycles. The average Bonchev–Trinajstić information content (AvgIpc) is 3.41. The number of fused-ring (bicyclic) bond motifs is 1. The number of carbonyl (C=O) groups is 1. The van der Waals surface area contributed by atoms with E-state index in [1.807, 2.05) is 0 Å². The van der Waals surface area contributed by atoms with Gasteiger partial charge in [-0.3, -0.25) is 4.79 Å². The van der Waals surface area contributed by atoms with Crippen LogP contribution in [0.1, 0.15) is 43.7 Å². The third-order valence-electron chi connectivity index (χ3n) is 6.35. The number of alkyl halides is 6. The normalized spacial score (nSPS) is 17.1. The molecule has 11 heteroatoms. The summed E-state index contributed by atoms with van der Waals surface area (Å²) in [6, 6.07) is 7.23. The predicted octanol–water partition coefficient (Wildman–Crippen LogP) is 8.47. The van der Waals surface area contributed by atoms with Crippen molar-refractivity contribution in [1.29, 1.82) is 0 Å². The standard InChI is InChI=1S/C24H19Cl2F6NO2/c1-22(24(30,31)32,35-21(34)13-6-2-3-7-13)16-12-33(19-9-5-4-8-15(16)19)20-17(25)10-14(11-18(20)26)23(27,28)29/h4-5,8-13H,2-3,6-7H2,1H3. The molecule has 0 spiro atoms. The van der Waals surface area contributed by atoms with Crippen molar-refractivity contribution in [2.75, 3.05) is 0 Å². The van der Waals surface area contributed by atoms with Gasteiger partial charge in [0.15, 0.2) is 0 Å². The molecular formula is C24H19Cl2F6NO2. The first-order valence-corrected chi connectivity index (χ1v) is 11.5. The van der Waals surface area contributed by atoms with Gasteiger partial charge in [0, 0.05) is 17.1 Å². The molecule has 0 saturated heterocycles. The molecule has 188 valence electrons. The molecule has 1 fully saturated rings. The van der Waals surface area contributed by atoms with Crippen LogP contribution in [0.5, 0.6) is 0 Å². The highest BCUT2D eigenvalue weighted by atomic mass is 35.5. The number of para-hydroxylation sites is 1. The lowest BCUT2D eigenvalue weighted by molar-refractivity contribution is -0.270. The summed E-state index contributed by atoms with van der Waals surface area (Å²) in [5.41, 5.74) is -4.45. The minimum atomic E-state index is -5.00. The Morgan fingerprint density at radius 1 is 1.00 bits per heavy atom. The number of carbonyl (C=O) groups excluding carboxylic acids is 1. The van der Waals surface area contributed by atoms with E-state index in [1.54, 1.807) is 6.07 Å². The lowest BCUT2D eigenvalue weighted by atomic mass is 9.94. The van der Waals surface area contributed by atoms with Crippen LogP contribution < -0.4 is 0 Å². The second-order valence-electron chi connectivity index (χ2n) is 8.65.